The van der Waals surface area contributed by atoms with E-state index in [4.69, 9.17) is 4.43 Å². The molecule has 0 atom stereocenters. The molecule has 0 N–H and O–H groups in total. The van der Waals surface area contributed by atoms with Crippen LogP contribution < -0.4 is 0 Å². The molecule has 0 saturated heterocycles. The van der Waals surface area contributed by atoms with Gasteiger partial charge in [-0.05, 0) is 42.5 Å². The van der Waals surface area contributed by atoms with Gasteiger partial charge in [0.05, 0.1) is 0 Å². The molecular weight excluding hydrogens is 248 g/mol. The van der Waals surface area contributed by atoms with E-state index in [0.717, 1.165) is 6.42 Å². The maximum atomic E-state index is 6.26. The molecule has 0 aromatic heterocycles. The van der Waals surface area contributed by atoms with Crippen molar-refractivity contribution in [3.8, 4) is 0 Å². The monoisotopic (exact) mass is 273 g/mol. The maximum Gasteiger partial charge on any atom is 0.274 e. The zero-order valence-electron chi connectivity index (χ0n) is 12.8. The normalized spacial score (nSPS) is 15.1. The van der Waals surface area contributed by atoms with Crippen molar-refractivity contribution < 1.29 is 4.43 Å². The SMILES string of the molecule is CCCC(C)(C)C1=C(O[Si](C)C)c2ccccc2C1. The Balaban J connectivity index is 2.44. The molecule has 1 aliphatic carbocycles. The summed E-state index contributed by atoms with van der Waals surface area (Å²) in [6, 6.07) is 8.71. The van der Waals surface area contributed by atoms with Gasteiger partial charge in [0.15, 0.2) is 0 Å². The highest BCUT2D eigenvalue weighted by atomic mass is 28.3. The van der Waals surface area contributed by atoms with Gasteiger partial charge in [0.2, 0.25) is 0 Å². The van der Waals surface area contributed by atoms with Gasteiger partial charge in [0.1, 0.15) is 5.76 Å². The first-order chi connectivity index (χ1) is 8.95. The number of fused-ring (bicyclic) bond motifs is 1. The van der Waals surface area contributed by atoms with Gasteiger partial charge in [-0.25, -0.2) is 0 Å². The van der Waals surface area contributed by atoms with Gasteiger partial charge in [0.25, 0.3) is 9.04 Å². The Morgan fingerprint density at radius 3 is 2.53 bits per heavy atom. The molecule has 1 aromatic rings. The van der Waals surface area contributed by atoms with Gasteiger partial charge in [-0.3, -0.25) is 0 Å². The predicted molar refractivity (Wildman–Crippen MR) is 84.3 cm³/mol. The minimum atomic E-state index is -0.724. The summed E-state index contributed by atoms with van der Waals surface area (Å²) < 4.78 is 6.26. The Bertz CT molecular complexity index is 486. The van der Waals surface area contributed by atoms with Crippen molar-refractivity contribution in [1.29, 1.82) is 0 Å². The fourth-order valence-corrected chi connectivity index (χ4v) is 3.61. The van der Waals surface area contributed by atoms with Crippen molar-refractivity contribution in [1.82, 2.24) is 0 Å². The number of allylic oxidation sites excluding steroid dienone is 1. The minimum Gasteiger partial charge on any atom is -0.542 e. The molecule has 19 heavy (non-hydrogen) atoms. The van der Waals surface area contributed by atoms with E-state index in [0.29, 0.717) is 0 Å². The summed E-state index contributed by atoms with van der Waals surface area (Å²) >= 11 is 0. The van der Waals surface area contributed by atoms with Crippen LogP contribution in [0, 0.1) is 5.41 Å². The minimum absolute atomic E-state index is 0.237. The molecular formula is C17H25OSi. The van der Waals surface area contributed by atoms with Crippen LogP contribution in [0.1, 0.15) is 44.7 Å². The van der Waals surface area contributed by atoms with Crippen molar-refractivity contribution in [2.24, 2.45) is 5.41 Å². The fraction of sp³-hybridized carbons (Fsp3) is 0.529. The molecule has 1 nitrogen and oxygen atoms in total. The highest BCUT2D eigenvalue weighted by Crippen LogP contribution is 2.44. The lowest BCUT2D eigenvalue weighted by Crippen LogP contribution is -2.17. The molecule has 1 radical (unpaired) electrons. The Hall–Kier alpha value is -1.02. The molecule has 0 spiro atoms. The molecule has 2 rings (SSSR count). The lowest BCUT2D eigenvalue weighted by molar-refractivity contribution is 0.386. The van der Waals surface area contributed by atoms with Crippen LogP contribution in [-0.2, 0) is 10.8 Å². The van der Waals surface area contributed by atoms with Crippen LogP contribution in [0.5, 0.6) is 0 Å². The van der Waals surface area contributed by atoms with Crippen LogP contribution >= 0.6 is 0 Å². The molecule has 0 saturated carbocycles. The number of hydrogen-bond donors (Lipinski definition) is 0. The first kappa shape index (κ1) is 14.4. The molecule has 0 bridgehead atoms. The van der Waals surface area contributed by atoms with E-state index in [1.165, 1.54) is 35.3 Å². The zero-order valence-corrected chi connectivity index (χ0v) is 13.8. The highest BCUT2D eigenvalue weighted by Gasteiger charge is 2.33. The van der Waals surface area contributed by atoms with Gasteiger partial charge in [-0.1, -0.05) is 51.5 Å². The van der Waals surface area contributed by atoms with Gasteiger partial charge in [0, 0.05) is 5.56 Å². The van der Waals surface area contributed by atoms with Gasteiger partial charge in [-0.15, -0.1) is 0 Å². The van der Waals surface area contributed by atoms with Crippen molar-refractivity contribution in [3.63, 3.8) is 0 Å². The van der Waals surface area contributed by atoms with Crippen molar-refractivity contribution in [2.75, 3.05) is 0 Å². The van der Waals surface area contributed by atoms with E-state index >= 15 is 0 Å². The number of rotatable bonds is 5. The Kier molecular flexibility index (Phi) is 4.19. The second kappa shape index (κ2) is 5.54. The van der Waals surface area contributed by atoms with Crippen LogP contribution in [0.2, 0.25) is 13.1 Å². The highest BCUT2D eigenvalue weighted by molar-refractivity contribution is 6.49. The van der Waals surface area contributed by atoms with Gasteiger partial charge >= 0.3 is 0 Å². The smallest absolute Gasteiger partial charge is 0.274 e. The third-order valence-corrected chi connectivity index (χ3v) is 4.51. The summed E-state index contributed by atoms with van der Waals surface area (Å²) in [6.07, 6.45) is 3.50. The predicted octanol–water partition coefficient (Wildman–Crippen LogP) is 5.05. The topological polar surface area (TPSA) is 9.23 Å². The van der Waals surface area contributed by atoms with Crippen molar-refractivity contribution in [3.05, 3.63) is 41.0 Å². The van der Waals surface area contributed by atoms with Crippen molar-refractivity contribution >= 4 is 14.8 Å². The average Bonchev–Trinajstić information content (AvgIpc) is 2.68. The molecule has 0 fully saturated rings. The van der Waals surface area contributed by atoms with Crippen LogP contribution in [0.4, 0.5) is 0 Å². The van der Waals surface area contributed by atoms with Crippen molar-refractivity contribution in [2.45, 2.75) is 53.1 Å². The lowest BCUT2D eigenvalue weighted by Gasteiger charge is -2.28. The van der Waals surface area contributed by atoms with Gasteiger partial charge < -0.3 is 4.43 Å². The maximum absolute atomic E-state index is 6.26. The summed E-state index contributed by atoms with van der Waals surface area (Å²) in [6.45, 7) is 11.4. The largest absolute Gasteiger partial charge is 0.542 e. The van der Waals surface area contributed by atoms with E-state index in [2.05, 4.69) is 58.1 Å². The van der Waals surface area contributed by atoms with Crippen LogP contribution in [-0.4, -0.2) is 9.04 Å². The molecule has 0 unspecified atom stereocenters. The number of benzene rings is 1. The Labute approximate surface area is 119 Å². The summed E-state index contributed by atoms with van der Waals surface area (Å²) in [5.74, 6) is 1.19. The van der Waals surface area contributed by atoms with E-state index in [1.54, 1.807) is 0 Å². The first-order valence-electron chi connectivity index (χ1n) is 7.25. The average molecular weight is 273 g/mol. The fourth-order valence-electron chi connectivity index (χ4n) is 2.97. The second-order valence-electron chi connectivity index (χ2n) is 6.29. The summed E-state index contributed by atoms with van der Waals surface area (Å²) in [5, 5.41) is 0. The third kappa shape index (κ3) is 2.94. The zero-order chi connectivity index (χ0) is 14.0. The third-order valence-electron chi connectivity index (χ3n) is 3.90. The molecule has 0 amide bonds. The second-order valence-corrected chi connectivity index (χ2v) is 8.31. The standard InChI is InChI=1S/C17H25OSi/c1-6-11-17(2,3)15-12-13-9-7-8-10-14(13)16(15)18-19(4)5/h7-10H,6,11-12H2,1-5H3. The molecule has 1 aliphatic rings. The van der Waals surface area contributed by atoms with E-state index in [-0.39, 0.29) is 5.41 Å². The summed E-state index contributed by atoms with van der Waals surface area (Å²) in [5.41, 5.74) is 4.50. The quantitative estimate of drug-likeness (QED) is 0.682. The first-order valence-corrected chi connectivity index (χ1v) is 9.66. The van der Waals surface area contributed by atoms with E-state index in [9.17, 15) is 0 Å². The van der Waals surface area contributed by atoms with Gasteiger partial charge in [-0.2, -0.15) is 0 Å². The molecule has 0 heterocycles. The summed E-state index contributed by atoms with van der Waals surface area (Å²) in [7, 11) is -0.724. The molecule has 1 aromatic carbocycles. The van der Waals surface area contributed by atoms with E-state index in [1.807, 2.05) is 0 Å². The Morgan fingerprint density at radius 1 is 1.21 bits per heavy atom. The molecule has 2 heteroatoms. The van der Waals surface area contributed by atoms with Crippen LogP contribution in [0.3, 0.4) is 0 Å². The molecule has 103 valence electrons. The Morgan fingerprint density at radius 2 is 1.89 bits per heavy atom. The number of hydrogen-bond acceptors (Lipinski definition) is 1. The molecule has 0 aliphatic heterocycles. The summed E-state index contributed by atoms with van der Waals surface area (Å²) in [4.78, 5) is 0. The lowest BCUT2D eigenvalue weighted by atomic mass is 9.79. The van der Waals surface area contributed by atoms with Crippen LogP contribution in [0.25, 0.3) is 5.76 Å². The van der Waals surface area contributed by atoms with Crippen LogP contribution in [0.15, 0.2) is 29.8 Å². The van der Waals surface area contributed by atoms with E-state index < -0.39 is 9.04 Å².